The molecule has 136 valence electrons. The predicted octanol–water partition coefficient (Wildman–Crippen LogP) is 3.35. The van der Waals surface area contributed by atoms with Crippen LogP contribution >= 0.6 is 0 Å². The highest BCUT2D eigenvalue weighted by Crippen LogP contribution is 2.42. The highest BCUT2D eigenvalue weighted by atomic mass is 16.5. The molecule has 0 heterocycles. The third-order valence-corrected chi connectivity index (χ3v) is 5.80. The number of esters is 1. The Morgan fingerprint density at radius 1 is 1.16 bits per heavy atom. The Morgan fingerprint density at radius 2 is 1.96 bits per heavy atom. The van der Waals surface area contributed by atoms with Crippen molar-refractivity contribution in [2.24, 2.45) is 5.92 Å². The molecule has 1 unspecified atom stereocenters. The number of fused-ring (bicyclic) bond motifs is 1. The second-order valence-electron chi connectivity index (χ2n) is 7.61. The molecule has 1 aromatic carbocycles. The highest BCUT2D eigenvalue weighted by molar-refractivity contribution is 5.73. The molecule has 5 heteroatoms. The monoisotopic (exact) mass is 345 g/mol. The van der Waals surface area contributed by atoms with E-state index in [0.29, 0.717) is 5.92 Å². The highest BCUT2D eigenvalue weighted by Gasteiger charge is 2.37. The molecule has 0 saturated heterocycles. The van der Waals surface area contributed by atoms with Gasteiger partial charge in [0.15, 0.2) is 0 Å². The summed E-state index contributed by atoms with van der Waals surface area (Å²) >= 11 is 0. The predicted molar refractivity (Wildman–Crippen MR) is 94.5 cm³/mol. The lowest BCUT2D eigenvalue weighted by molar-refractivity contribution is -0.145. The minimum atomic E-state index is -0.359. The summed E-state index contributed by atoms with van der Waals surface area (Å²) < 4.78 is 9.63. The Labute approximate surface area is 149 Å². The van der Waals surface area contributed by atoms with E-state index in [2.05, 4.69) is 30.4 Å². The SMILES string of the molecule is COC(=O)N[C@]1(C)CC[C@@H](c2ccc3c(c2)CCC(C(=O)OC)C3)C1. The number of alkyl carbamates (subject to hydrolysis) is 1. The average Bonchev–Trinajstić information content (AvgIpc) is 3.01. The topological polar surface area (TPSA) is 64.6 Å². The Morgan fingerprint density at radius 3 is 2.68 bits per heavy atom. The quantitative estimate of drug-likeness (QED) is 0.853. The summed E-state index contributed by atoms with van der Waals surface area (Å²) in [7, 11) is 2.86. The Kier molecular flexibility index (Phi) is 5.02. The van der Waals surface area contributed by atoms with E-state index in [1.54, 1.807) is 0 Å². The third-order valence-electron chi connectivity index (χ3n) is 5.80. The van der Waals surface area contributed by atoms with Gasteiger partial charge in [-0.15, -0.1) is 0 Å². The van der Waals surface area contributed by atoms with E-state index in [4.69, 9.17) is 9.47 Å². The lowest BCUT2D eigenvalue weighted by Crippen LogP contribution is -2.43. The summed E-state index contributed by atoms with van der Waals surface area (Å²) in [6, 6.07) is 6.66. The molecule has 0 radical (unpaired) electrons. The molecule has 0 bridgehead atoms. The van der Waals surface area contributed by atoms with Gasteiger partial charge < -0.3 is 14.8 Å². The summed E-state index contributed by atoms with van der Waals surface area (Å²) in [5, 5.41) is 2.98. The zero-order chi connectivity index (χ0) is 18.0. The van der Waals surface area contributed by atoms with Crippen molar-refractivity contribution in [3.63, 3.8) is 0 Å². The standard InChI is InChI=1S/C20H27NO4/c1-20(21-19(23)25-3)9-8-17(12-20)15-5-4-14-11-16(18(22)24-2)7-6-13(14)10-15/h4-5,10,16-17H,6-9,11-12H2,1-3H3,(H,21,23)/t16?,17-,20-/m1/s1. The average molecular weight is 345 g/mol. The van der Waals surface area contributed by atoms with Crippen molar-refractivity contribution < 1.29 is 19.1 Å². The molecular formula is C20H27NO4. The van der Waals surface area contributed by atoms with Crippen LogP contribution in [0.3, 0.4) is 0 Å². The Hall–Kier alpha value is -2.04. The normalized spacial score (nSPS) is 28.1. The van der Waals surface area contributed by atoms with Gasteiger partial charge in [-0.3, -0.25) is 4.79 Å². The van der Waals surface area contributed by atoms with Crippen LogP contribution in [0.1, 0.15) is 55.2 Å². The molecular weight excluding hydrogens is 318 g/mol. The summed E-state index contributed by atoms with van der Waals surface area (Å²) in [5.41, 5.74) is 3.75. The summed E-state index contributed by atoms with van der Waals surface area (Å²) in [6.07, 6.45) is 5.13. The lowest BCUT2D eigenvalue weighted by Gasteiger charge is -2.26. The minimum Gasteiger partial charge on any atom is -0.469 e. The molecule has 1 saturated carbocycles. The van der Waals surface area contributed by atoms with Crippen molar-refractivity contribution in [1.29, 1.82) is 0 Å². The number of benzene rings is 1. The summed E-state index contributed by atoms with van der Waals surface area (Å²) in [6.45, 7) is 2.09. The second-order valence-corrected chi connectivity index (χ2v) is 7.61. The number of rotatable bonds is 3. The number of methoxy groups -OCH3 is 2. The maximum absolute atomic E-state index is 11.8. The van der Waals surface area contributed by atoms with Crippen LogP contribution < -0.4 is 5.32 Å². The van der Waals surface area contributed by atoms with Crippen molar-refractivity contribution in [3.05, 3.63) is 34.9 Å². The largest absolute Gasteiger partial charge is 0.469 e. The van der Waals surface area contributed by atoms with Gasteiger partial charge in [0, 0.05) is 5.54 Å². The van der Waals surface area contributed by atoms with Crippen LogP contribution in [0, 0.1) is 5.92 Å². The molecule has 2 aliphatic rings. The molecule has 0 spiro atoms. The molecule has 3 rings (SSSR count). The van der Waals surface area contributed by atoms with E-state index < -0.39 is 0 Å². The number of hydrogen-bond donors (Lipinski definition) is 1. The first-order valence-electron chi connectivity index (χ1n) is 9.00. The first-order valence-corrected chi connectivity index (χ1v) is 9.00. The number of aryl methyl sites for hydroxylation is 1. The van der Waals surface area contributed by atoms with Crippen molar-refractivity contribution in [2.45, 2.75) is 56.9 Å². The molecule has 25 heavy (non-hydrogen) atoms. The van der Waals surface area contributed by atoms with Crippen LogP contribution in [0.25, 0.3) is 0 Å². The van der Waals surface area contributed by atoms with Gasteiger partial charge in [0.05, 0.1) is 20.1 Å². The smallest absolute Gasteiger partial charge is 0.407 e. The second kappa shape index (κ2) is 7.06. The van der Waals surface area contributed by atoms with Crippen LogP contribution in [0.5, 0.6) is 0 Å². The van der Waals surface area contributed by atoms with Gasteiger partial charge >= 0.3 is 12.1 Å². The van der Waals surface area contributed by atoms with Gasteiger partial charge in [0.2, 0.25) is 0 Å². The van der Waals surface area contributed by atoms with Gasteiger partial charge in [0.25, 0.3) is 0 Å². The van der Waals surface area contributed by atoms with Gasteiger partial charge in [0.1, 0.15) is 0 Å². The first-order chi connectivity index (χ1) is 11.9. The molecule has 1 fully saturated rings. The molecule has 5 nitrogen and oxygen atoms in total. The van der Waals surface area contributed by atoms with Crippen LogP contribution in [0.15, 0.2) is 18.2 Å². The molecule has 0 aromatic heterocycles. The number of carbonyl (C=O) groups excluding carboxylic acids is 2. The van der Waals surface area contributed by atoms with Crippen molar-refractivity contribution in [3.8, 4) is 0 Å². The fourth-order valence-corrected chi connectivity index (χ4v) is 4.33. The Bertz CT molecular complexity index is 672. The summed E-state index contributed by atoms with van der Waals surface area (Å²) in [5.74, 6) is 0.336. The molecule has 1 N–H and O–H groups in total. The lowest BCUT2D eigenvalue weighted by atomic mass is 9.81. The molecule has 2 aliphatic carbocycles. The number of hydrogen-bond acceptors (Lipinski definition) is 4. The minimum absolute atomic E-state index is 0.0117. The zero-order valence-electron chi connectivity index (χ0n) is 15.3. The number of carbonyl (C=O) groups is 2. The van der Waals surface area contributed by atoms with E-state index in [-0.39, 0.29) is 23.5 Å². The molecule has 1 amide bonds. The fourth-order valence-electron chi connectivity index (χ4n) is 4.33. The van der Waals surface area contributed by atoms with Gasteiger partial charge in [-0.05, 0) is 68.1 Å². The van der Waals surface area contributed by atoms with Crippen molar-refractivity contribution >= 4 is 12.1 Å². The zero-order valence-corrected chi connectivity index (χ0v) is 15.3. The van der Waals surface area contributed by atoms with Crippen LogP contribution in [-0.4, -0.2) is 31.8 Å². The van der Waals surface area contributed by atoms with Crippen LogP contribution in [-0.2, 0) is 27.1 Å². The molecule has 3 atom stereocenters. The van der Waals surface area contributed by atoms with E-state index >= 15 is 0 Å². The van der Waals surface area contributed by atoms with Gasteiger partial charge in [-0.2, -0.15) is 0 Å². The first kappa shape index (κ1) is 17.8. The van der Waals surface area contributed by atoms with Crippen molar-refractivity contribution in [2.75, 3.05) is 14.2 Å². The third kappa shape index (κ3) is 3.80. The van der Waals surface area contributed by atoms with E-state index in [1.165, 1.54) is 30.9 Å². The summed E-state index contributed by atoms with van der Waals surface area (Å²) in [4.78, 5) is 23.3. The van der Waals surface area contributed by atoms with Gasteiger partial charge in [-0.1, -0.05) is 18.2 Å². The van der Waals surface area contributed by atoms with E-state index in [0.717, 1.165) is 38.5 Å². The van der Waals surface area contributed by atoms with Crippen LogP contribution in [0.4, 0.5) is 4.79 Å². The van der Waals surface area contributed by atoms with Crippen molar-refractivity contribution in [1.82, 2.24) is 5.32 Å². The maximum atomic E-state index is 11.8. The van der Waals surface area contributed by atoms with Crippen LogP contribution in [0.2, 0.25) is 0 Å². The number of ether oxygens (including phenoxy) is 2. The number of amides is 1. The molecule has 0 aliphatic heterocycles. The number of nitrogens with one attached hydrogen (secondary N) is 1. The van der Waals surface area contributed by atoms with E-state index in [1.807, 2.05) is 0 Å². The molecule has 1 aromatic rings. The van der Waals surface area contributed by atoms with Gasteiger partial charge in [-0.25, -0.2) is 4.79 Å². The van der Waals surface area contributed by atoms with E-state index in [9.17, 15) is 9.59 Å². The Balaban J connectivity index is 1.70. The maximum Gasteiger partial charge on any atom is 0.407 e. The fraction of sp³-hybridized carbons (Fsp3) is 0.600.